The first kappa shape index (κ1) is 19.6. The van der Waals surface area contributed by atoms with Crippen molar-refractivity contribution < 1.29 is 22.8 Å². The molecule has 3 aromatic rings. The maximum Gasteiger partial charge on any atom is 0.416 e. The molecule has 8 heteroatoms. The zero-order valence-electron chi connectivity index (χ0n) is 15.6. The van der Waals surface area contributed by atoms with Crippen LogP contribution in [0.2, 0.25) is 0 Å². The van der Waals surface area contributed by atoms with Gasteiger partial charge < -0.3 is 10.2 Å². The first-order chi connectivity index (χ1) is 14.3. The summed E-state index contributed by atoms with van der Waals surface area (Å²) < 4.78 is 38.7. The van der Waals surface area contributed by atoms with Gasteiger partial charge in [0, 0.05) is 35.9 Å². The Morgan fingerprint density at radius 3 is 2.53 bits per heavy atom. The maximum atomic E-state index is 12.9. The minimum absolute atomic E-state index is 0.103. The van der Waals surface area contributed by atoms with Crippen LogP contribution >= 0.6 is 0 Å². The number of alkyl halides is 3. The normalized spacial score (nSPS) is 13.1. The Hall–Kier alpha value is -3.68. The quantitative estimate of drug-likeness (QED) is 0.688. The third-order valence-corrected chi connectivity index (χ3v) is 4.84. The summed E-state index contributed by atoms with van der Waals surface area (Å²) in [6.07, 6.45) is -0.796. The molecule has 0 aliphatic carbocycles. The summed E-state index contributed by atoms with van der Waals surface area (Å²) in [6, 6.07) is 12.7. The van der Waals surface area contributed by atoms with Gasteiger partial charge in [0.05, 0.1) is 11.1 Å². The van der Waals surface area contributed by atoms with Crippen LogP contribution in [0, 0.1) is 0 Å². The molecule has 0 saturated carbocycles. The van der Waals surface area contributed by atoms with Gasteiger partial charge in [0.25, 0.3) is 11.8 Å². The fraction of sp³-hybridized carbons (Fsp3) is 0.136. The SMILES string of the molecule is O=C(Nc1ccc2c(c1)N(C(=O)c1cccnc1)CC2)c1cccc(C(F)(F)F)c1. The topological polar surface area (TPSA) is 62.3 Å². The molecule has 2 amide bonds. The number of pyridine rings is 1. The lowest BCUT2D eigenvalue weighted by Crippen LogP contribution is -2.29. The third-order valence-electron chi connectivity index (χ3n) is 4.84. The van der Waals surface area contributed by atoms with E-state index >= 15 is 0 Å². The minimum atomic E-state index is -4.53. The Morgan fingerprint density at radius 2 is 1.80 bits per heavy atom. The van der Waals surface area contributed by atoms with Crippen LogP contribution < -0.4 is 10.2 Å². The largest absolute Gasteiger partial charge is 0.416 e. The van der Waals surface area contributed by atoms with Gasteiger partial charge in [-0.25, -0.2) is 0 Å². The monoisotopic (exact) mass is 411 g/mol. The van der Waals surface area contributed by atoms with E-state index in [9.17, 15) is 22.8 Å². The van der Waals surface area contributed by atoms with Crippen molar-refractivity contribution in [2.24, 2.45) is 0 Å². The molecular weight excluding hydrogens is 395 g/mol. The van der Waals surface area contributed by atoms with E-state index in [-0.39, 0.29) is 11.5 Å². The lowest BCUT2D eigenvalue weighted by molar-refractivity contribution is -0.137. The fourth-order valence-electron chi connectivity index (χ4n) is 3.35. The first-order valence-electron chi connectivity index (χ1n) is 9.16. The molecule has 2 heterocycles. The van der Waals surface area contributed by atoms with Crippen LogP contribution in [0.4, 0.5) is 24.5 Å². The summed E-state index contributed by atoms with van der Waals surface area (Å²) in [5.41, 5.74) is 1.45. The molecule has 1 N–H and O–H groups in total. The van der Waals surface area contributed by atoms with Crippen LogP contribution in [0.1, 0.15) is 31.8 Å². The van der Waals surface area contributed by atoms with Gasteiger partial charge in [-0.3, -0.25) is 14.6 Å². The molecule has 1 aromatic heterocycles. The second-order valence-corrected chi connectivity index (χ2v) is 6.82. The molecule has 0 spiro atoms. The van der Waals surface area contributed by atoms with E-state index in [4.69, 9.17) is 0 Å². The van der Waals surface area contributed by atoms with Crippen molar-refractivity contribution >= 4 is 23.2 Å². The number of carbonyl (C=O) groups excluding carboxylic acids is 2. The molecule has 5 nitrogen and oxygen atoms in total. The number of halogens is 3. The number of rotatable bonds is 3. The summed E-state index contributed by atoms with van der Waals surface area (Å²) in [7, 11) is 0. The lowest BCUT2D eigenvalue weighted by Gasteiger charge is -2.18. The smallest absolute Gasteiger partial charge is 0.322 e. The number of amides is 2. The number of hydrogen-bond acceptors (Lipinski definition) is 3. The number of nitrogens with one attached hydrogen (secondary N) is 1. The van der Waals surface area contributed by atoms with E-state index in [2.05, 4.69) is 10.3 Å². The molecule has 1 aliphatic rings. The fourth-order valence-corrected chi connectivity index (χ4v) is 3.35. The van der Waals surface area contributed by atoms with E-state index in [0.717, 1.165) is 17.7 Å². The van der Waals surface area contributed by atoms with Gasteiger partial charge in [-0.15, -0.1) is 0 Å². The van der Waals surface area contributed by atoms with Crippen molar-refractivity contribution in [2.45, 2.75) is 12.6 Å². The van der Waals surface area contributed by atoms with E-state index in [1.165, 1.54) is 18.3 Å². The van der Waals surface area contributed by atoms with E-state index < -0.39 is 17.6 Å². The van der Waals surface area contributed by atoms with E-state index in [1.807, 2.05) is 0 Å². The van der Waals surface area contributed by atoms with Gasteiger partial charge >= 0.3 is 6.18 Å². The molecule has 2 aromatic carbocycles. The Kier molecular flexibility index (Phi) is 4.99. The van der Waals surface area contributed by atoms with Crippen molar-refractivity contribution in [1.29, 1.82) is 0 Å². The zero-order chi connectivity index (χ0) is 21.3. The number of benzene rings is 2. The number of hydrogen-bond donors (Lipinski definition) is 1. The summed E-state index contributed by atoms with van der Waals surface area (Å²) in [5, 5.41) is 2.61. The Bertz CT molecular complexity index is 1110. The highest BCUT2D eigenvalue weighted by Crippen LogP contribution is 2.33. The standard InChI is InChI=1S/C22H16F3N3O2/c23-22(24,25)17-5-1-3-15(11-17)20(29)27-18-7-6-14-8-10-28(19(14)12-18)21(30)16-4-2-9-26-13-16/h1-7,9,11-13H,8,10H2,(H,27,29). The number of anilines is 2. The number of carbonyl (C=O) groups is 2. The Balaban J connectivity index is 1.56. The molecule has 0 bridgehead atoms. The highest BCUT2D eigenvalue weighted by atomic mass is 19.4. The Labute approximate surface area is 170 Å². The molecule has 0 saturated heterocycles. The average molecular weight is 411 g/mol. The van der Waals surface area contributed by atoms with Gasteiger partial charge in [-0.1, -0.05) is 12.1 Å². The van der Waals surface area contributed by atoms with Crippen LogP contribution in [0.25, 0.3) is 0 Å². The molecule has 4 rings (SSSR count). The number of nitrogens with zero attached hydrogens (tertiary/aromatic N) is 2. The average Bonchev–Trinajstić information content (AvgIpc) is 3.16. The van der Waals surface area contributed by atoms with Crippen molar-refractivity contribution in [2.75, 3.05) is 16.8 Å². The van der Waals surface area contributed by atoms with Gasteiger partial charge in [0.2, 0.25) is 0 Å². The van der Waals surface area contributed by atoms with E-state index in [1.54, 1.807) is 41.4 Å². The second kappa shape index (κ2) is 7.62. The van der Waals surface area contributed by atoms with Crippen LogP contribution in [-0.4, -0.2) is 23.3 Å². The highest BCUT2D eigenvalue weighted by molar-refractivity contribution is 6.08. The first-order valence-corrected chi connectivity index (χ1v) is 9.16. The predicted molar refractivity (Wildman–Crippen MR) is 105 cm³/mol. The molecule has 0 atom stereocenters. The lowest BCUT2D eigenvalue weighted by atomic mass is 10.1. The molecule has 0 fully saturated rings. The van der Waals surface area contributed by atoms with Gasteiger partial charge in [-0.05, 0) is 54.4 Å². The van der Waals surface area contributed by atoms with Gasteiger partial charge in [0.15, 0.2) is 0 Å². The second-order valence-electron chi connectivity index (χ2n) is 6.82. The summed E-state index contributed by atoms with van der Waals surface area (Å²) in [5.74, 6) is -0.868. The number of aromatic nitrogens is 1. The third kappa shape index (κ3) is 3.89. The van der Waals surface area contributed by atoms with Crippen molar-refractivity contribution in [3.63, 3.8) is 0 Å². The van der Waals surface area contributed by atoms with Crippen LogP contribution in [0.15, 0.2) is 67.0 Å². The Morgan fingerprint density at radius 1 is 1.00 bits per heavy atom. The zero-order valence-corrected chi connectivity index (χ0v) is 15.6. The van der Waals surface area contributed by atoms with Gasteiger partial charge in [-0.2, -0.15) is 13.2 Å². The van der Waals surface area contributed by atoms with Gasteiger partial charge in [0.1, 0.15) is 0 Å². The van der Waals surface area contributed by atoms with Crippen molar-refractivity contribution in [1.82, 2.24) is 4.98 Å². The summed E-state index contributed by atoms with van der Waals surface area (Å²) in [6.45, 7) is 0.494. The van der Waals surface area contributed by atoms with Crippen molar-refractivity contribution in [3.05, 3.63) is 89.2 Å². The van der Waals surface area contributed by atoms with Crippen molar-refractivity contribution in [3.8, 4) is 0 Å². The van der Waals surface area contributed by atoms with Crippen LogP contribution in [-0.2, 0) is 12.6 Å². The highest BCUT2D eigenvalue weighted by Gasteiger charge is 2.31. The number of fused-ring (bicyclic) bond motifs is 1. The molecule has 0 unspecified atom stereocenters. The van der Waals surface area contributed by atoms with Crippen LogP contribution in [0.3, 0.4) is 0 Å². The molecule has 0 radical (unpaired) electrons. The minimum Gasteiger partial charge on any atom is -0.322 e. The predicted octanol–water partition coefficient (Wildman–Crippen LogP) is 4.56. The molecule has 30 heavy (non-hydrogen) atoms. The molecule has 1 aliphatic heterocycles. The maximum absolute atomic E-state index is 12.9. The van der Waals surface area contributed by atoms with Crippen LogP contribution in [0.5, 0.6) is 0 Å². The summed E-state index contributed by atoms with van der Waals surface area (Å²) >= 11 is 0. The molecule has 152 valence electrons. The van der Waals surface area contributed by atoms with E-state index in [0.29, 0.717) is 29.9 Å². The summed E-state index contributed by atoms with van der Waals surface area (Å²) in [4.78, 5) is 30.8. The molecular formula is C22H16F3N3O2.